The van der Waals surface area contributed by atoms with E-state index in [1.165, 1.54) is 7.11 Å². The summed E-state index contributed by atoms with van der Waals surface area (Å²) in [5.74, 6) is 1.15. The fraction of sp³-hybridized carbons (Fsp3) is 0.800. The summed E-state index contributed by atoms with van der Waals surface area (Å²) in [7, 11) is 1.33. The van der Waals surface area contributed by atoms with Gasteiger partial charge in [0, 0.05) is 17.7 Å². The Morgan fingerprint density at radius 2 is 2.25 bits per heavy atom. The second-order valence-corrected chi connectivity index (χ2v) is 4.94. The molecule has 1 unspecified atom stereocenters. The van der Waals surface area contributed by atoms with Crippen molar-refractivity contribution in [3.05, 3.63) is 0 Å². The lowest BCUT2D eigenvalue weighted by atomic mass is 10.2. The highest BCUT2D eigenvalue weighted by Crippen LogP contribution is 2.13. The number of methoxy groups -OCH3 is 1. The van der Waals surface area contributed by atoms with Gasteiger partial charge in [-0.15, -0.1) is 11.8 Å². The van der Waals surface area contributed by atoms with Gasteiger partial charge in [0.1, 0.15) is 6.54 Å². The van der Waals surface area contributed by atoms with E-state index < -0.39 is 0 Å². The number of hydrogen-bond donors (Lipinski definition) is 1. The number of nitrogens with one attached hydrogen (secondary N) is 1. The third-order valence-corrected chi connectivity index (χ3v) is 3.39. The summed E-state index contributed by atoms with van der Waals surface area (Å²) in [4.78, 5) is 24.8. The first-order valence-electron chi connectivity index (χ1n) is 5.24. The summed E-state index contributed by atoms with van der Waals surface area (Å²) in [5, 5.41) is 3.10. The van der Waals surface area contributed by atoms with Gasteiger partial charge in [0.2, 0.25) is 5.91 Å². The molecule has 5 nitrogen and oxygen atoms in total. The molecule has 16 heavy (non-hydrogen) atoms. The first-order chi connectivity index (χ1) is 7.56. The summed E-state index contributed by atoms with van der Waals surface area (Å²) in [6.07, 6.45) is 0. The monoisotopic (exact) mass is 246 g/mol. The van der Waals surface area contributed by atoms with Gasteiger partial charge < -0.3 is 9.64 Å². The fourth-order valence-electron chi connectivity index (χ4n) is 1.47. The maximum atomic E-state index is 12.1. The Morgan fingerprint density at radius 1 is 1.56 bits per heavy atom. The average molecular weight is 246 g/mol. The van der Waals surface area contributed by atoms with Crippen molar-refractivity contribution in [2.45, 2.75) is 25.9 Å². The van der Waals surface area contributed by atoms with Crippen LogP contribution in [0.3, 0.4) is 0 Å². The third-order valence-electron chi connectivity index (χ3n) is 2.45. The SMILES string of the molecule is COC(=O)CN(C(=O)C1CSCN1)C(C)C. The largest absolute Gasteiger partial charge is 0.468 e. The summed E-state index contributed by atoms with van der Waals surface area (Å²) in [6.45, 7) is 3.81. The standard InChI is InChI=1S/C10H18N2O3S/c1-7(2)12(4-9(13)15-3)10(14)8-5-16-6-11-8/h7-8,11H,4-6H2,1-3H3. The predicted molar refractivity (Wildman–Crippen MR) is 63.1 cm³/mol. The summed E-state index contributed by atoms with van der Waals surface area (Å²) >= 11 is 1.69. The number of esters is 1. The molecule has 1 saturated heterocycles. The number of ether oxygens (including phenoxy) is 1. The Bertz CT molecular complexity index is 265. The van der Waals surface area contributed by atoms with E-state index >= 15 is 0 Å². The molecule has 1 aliphatic heterocycles. The van der Waals surface area contributed by atoms with Crippen molar-refractivity contribution in [1.29, 1.82) is 0 Å². The number of carbonyl (C=O) groups is 2. The normalized spacial score (nSPS) is 19.9. The van der Waals surface area contributed by atoms with Gasteiger partial charge in [-0.1, -0.05) is 0 Å². The van der Waals surface area contributed by atoms with E-state index in [4.69, 9.17) is 0 Å². The predicted octanol–water partition coefficient (Wildman–Crippen LogP) is 0.0589. The molecule has 1 aliphatic rings. The van der Waals surface area contributed by atoms with Crippen LogP contribution in [0.25, 0.3) is 0 Å². The summed E-state index contributed by atoms with van der Waals surface area (Å²) in [6, 6.07) is -0.170. The van der Waals surface area contributed by atoms with Gasteiger partial charge in [-0.05, 0) is 13.8 Å². The van der Waals surface area contributed by atoms with Crippen LogP contribution in [-0.2, 0) is 14.3 Å². The van der Waals surface area contributed by atoms with Crippen molar-refractivity contribution in [2.75, 3.05) is 25.3 Å². The zero-order valence-corrected chi connectivity index (χ0v) is 10.7. The molecule has 0 aliphatic carbocycles. The van der Waals surface area contributed by atoms with E-state index in [0.717, 1.165) is 11.6 Å². The van der Waals surface area contributed by atoms with Crippen LogP contribution in [0.15, 0.2) is 0 Å². The molecule has 1 atom stereocenters. The zero-order chi connectivity index (χ0) is 12.1. The van der Waals surface area contributed by atoms with E-state index in [2.05, 4.69) is 10.1 Å². The highest BCUT2D eigenvalue weighted by Gasteiger charge is 2.29. The van der Waals surface area contributed by atoms with Crippen molar-refractivity contribution in [2.24, 2.45) is 0 Å². The number of carbonyl (C=O) groups excluding carboxylic acids is 2. The molecule has 0 saturated carbocycles. The minimum atomic E-state index is -0.382. The molecule has 0 bridgehead atoms. The maximum absolute atomic E-state index is 12.1. The Hall–Kier alpha value is -0.750. The quantitative estimate of drug-likeness (QED) is 0.711. The van der Waals surface area contributed by atoms with Crippen molar-refractivity contribution < 1.29 is 14.3 Å². The minimum Gasteiger partial charge on any atom is -0.468 e. The number of rotatable bonds is 4. The first-order valence-corrected chi connectivity index (χ1v) is 6.40. The van der Waals surface area contributed by atoms with Gasteiger partial charge in [0.05, 0.1) is 13.2 Å². The Labute approximate surface area is 99.9 Å². The molecule has 0 aromatic heterocycles. The Morgan fingerprint density at radius 3 is 2.69 bits per heavy atom. The lowest BCUT2D eigenvalue weighted by Gasteiger charge is -2.27. The van der Waals surface area contributed by atoms with E-state index in [1.54, 1.807) is 16.7 Å². The molecular formula is C10H18N2O3S. The lowest BCUT2D eigenvalue weighted by Crippen LogP contribution is -2.49. The van der Waals surface area contributed by atoms with E-state index in [-0.39, 0.29) is 30.5 Å². The Kier molecular flexibility index (Phi) is 5.08. The van der Waals surface area contributed by atoms with Crippen LogP contribution in [0.5, 0.6) is 0 Å². The smallest absolute Gasteiger partial charge is 0.325 e. The van der Waals surface area contributed by atoms with Crippen LogP contribution in [0, 0.1) is 0 Å². The topological polar surface area (TPSA) is 58.6 Å². The van der Waals surface area contributed by atoms with Crippen LogP contribution in [0.1, 0.15) is 13.8 Å². The number of amides is 1. The van der Waals surface area contributed by atoms with Crippen LogP contribution in [-0.4, -0.2) is 54.1 Å². The molecule has 0 radical (unpaired) electrons. The van der Waals surface area contributed by atoms with Crippen LogP contribution >= 0.6 is 11.8 Å². The summed E-state index contributed by atoms with van der Waals surface area (Å²) in [5.41, 5.74) is 0. The fourth-order valence-corrected chi connectivity index (χ4v) is 2.41. The molecule has 1 amide bonds. The van der Waals surface area contributed by atoms with Gasteiger partial charge in [0.25, 0.3) is 0 Å². The van der Waals surface area contributed by atoms with Crippen LogP contribution < -0.4 is 5.32 Å². The van der Waals surface area contributed by atoms with E-state index in [9.17, 15) is 9.59 Å². The molecule has 1 rings (SSSR count). The highest BCUT2D eigenvalue weighted by molar-refractivity contribution is 7.99. The highest BCUT2D eigenvalue weighted by atomic mass is 32.2. The van der Waals surface area contributed by atoms with Gasteiger partial charge >= 0.3 is 5.97 Å². The molecule has 0 aromatic carbocycles. The molecule has 0 spiro atoms. The van der Waals surface area contributed by atoms with Crippen molar-refractivity contribution in [3.8, 4) is 0 Å². The maximum Gasteiger partial charge on any atom is 0.325 e. The number of hydrogen-bond acceptors (Lipinski definition) is 5. The molecule has 1 fully saturated rings. The van der Waals surface area contributed by atoms with Crippen molar-refractivity contribution in [1.82, 2.24) is 10.2 Å². The van der Waals surface area contributed by atoms with Crippen LogP contribution in [0.4, 0.5) is 0 Å². The molecule has 0 aromatic rings. The van der Waals surface area contributed by atoms with E-state index in [0.29, 0.717) is 0 Å². The Balaban J connectivity index is 2.61. The molecular weight excluding hydrogens is 228 g/mol. The molecule has 92 valence electrons. The number of nitrogens with zero attached hydrogens (tertiary/aromatic N) is 1. The summed E-state index contributed by atoms with van der Waals surface area (Å²) < 4.78 is 4.59. The molecule has 1 heterocycles. The number of thioether (sulfide) groups is 1. The van der Waals surface area contributed by atoms with Crippen molar-refractivity contribution >= 4 is 23.6 Å². The van der Waals surface area contributed by atoms with Gasteiger partial charge in [0.15, 0.2) is 0 Å². The van der Waals surface area contributed by atoms with Crippen LogP contribution in [0.2, 0.25) is 0 Å². The third kappa shape index (κ3) is 3.38. The average Bonchev–Trinajstić information content (AvgIpc) is 2.77. The van der Waals surface area contributed by atoms with E-state index in [1.807, 2.05) is 13.8 Å². The second-order valence-electron chi connectivity index (χ2n) is 3.91. The van der Waals surface area contributed by atoms with Crippen molar-refractivity contribution in [3.63, 3.8) is 0 Å². The minimum absolute atomic E-state index is 0.000926. The second kappa shape index (κ2) is 6.10. The van der Waals surface area contributed by atoms with Gasteiger partial charge in [-0.3, -0.25) is 14.9 Å². The lowest BCUT2D eigenvalue weighted by molar-refractivity contribution is -0.148. The first kappa shape index (κ1) is 13.3. The molecule has 1 N–H and O–H groups in total. The van der Waals surface area contributed by atoms with Gasteiger partial charge in [-0.25, -0.2) is 0 Å². The van der Waals surface area contributed by atoms with Gasteiger partial charge in [-0.2, -0.15) is 0 Å². The molecule has 6 heteroatoms. The zero-order valence-electron chi connectivity index (χ0n) is 9.86.